The average molecular weight is 475 g/mol. The molecule has 190 valence electrons. The molecule has 4 aliphatic rings. The quantitative estimate of drug-likeness (QED) is 0.309. The van der Waals surface area contributed by atoms with Crippen LogP contribution in [-0.4, -0.2) is 25.6 Å². The van der Waals surface area contributed by atoms with Crippen molar-refractivity contribution >= 4 is 8.32 Å². The highest BCUT2D eigenvalue weighted by molar-refractivity contribution is 6.77. The summed E-state index contributed by atoms with van der Waals surface area (Å²) < 4.78 is 7.29. The average Bonchev–Trinajstić information content (AvgIpc) is 3.08. The Bertz CT molecular complexity index is 718. The molecule has 3 heteroatoms. The third kappa shape index (κ3) is 3.95. The zero-order valence-electron chi connectivity index (χ0n) is 23.3. The molecule has 8 atom stereocenters. The molecule has 0 aromatic rings. The molecule has 0 heterocycles. The lowest BCUT2D eigenvalue weighted by atomic mass is 9.47. The SMILES string of the molecule is CC(O)[C@H]1CC[C@H]2[C@@H]3CC=C4CC(O[Si](C(C)C)(C(C)C)C(C)C)CC[C@]4(C)[C@H]3CC[C@]12C. The van der Waals surface area contributed by atoms with E-state index in [4.69, 9.17) is 4.43 Å². The van der Waals surface area contributed by atoms with Gasteiger partial charge in [-0.2, -0.15) is 0 Å². The van der Waals surface area contributed by atoms with Crippen LogP contribution in [0, 0.1) is 34.5 Å². The van der Waals surface area contributed by atoms with Crippen molar-refractivity contribution < 1.29 is 9.53 Å². The van der Waals surface area contributed by atoms with E-state index in [0.717, 1.165) is 17.8 Å². The maximum Gasteiger partial charge on any atom is 0.200 e. The van der Waals surface area contributed by atoms with Crippen LogP contribution in [0.15, 0.2) is 11.6 Å². The van der Waals surface area contributed by atoms with E-state index < -0.39 is 8.32 Å². The number of hydrogen-bond acceptors (Lipinski definition) is 2. The first-order valence-electron chi connectivity index (χ1n) is 14.4. The Morgan fingerprint density at radius 2 is 1.52 bits per heavy atom. The summed E-state index contributed by atoms with van der Waals surface area (Å²) in [6, 6.07) is 0. The van der Waals surface area contributed by atoms with Crippen molar-refractivity contribution in [1.29, 1.82) is 0 Å². The lowest BCUT2D eigenvalue weighted by Gasteiger charge is -2.59. The third-order valence-corrected chi connectivity index (χ3v) is 17.9. The zero-order valence-corrected chi connectivity index (χ0v) is 24.3. The van der Waals surface area contributed by atoms with Crippen LogP contribution in [0.2, 0.25) is 16.6 Å². The number of allylic oxidation sites excluding steroid dienone is 1. The predicted molar refractivity (Wildman–Crippen MR) is 143 cm³/mol. The molecule has 0 aliphatic heterocycles. The predicted octanol–water partition coefficient (Wildman–Crippen LogP) is 8.51. The van der Waals surface area contributed by atoms with Crippen molar-refractivity contribution in [2.45, 2.75) is 143 Å². The number of aliphatic hydroxyl groups excluding tert-OH is 1. The monoisotopic (exact) mass is 474 g/mol. The first-order valence-corrected chi connectivity index (χ1v) is 16.6. The topological polar surface area (TPSA) is 29.5 Å². The van der Waals surface area contributed by atoms with Crippen LogP contribution in [0.1, 0.15) is 114 Å². The van der Waals surface area contributed by atoms with Crippen LogP contribution in [0.3, 0.4) is 0 Å². The van der Waals surface area contributed by atoms with Crippen molar-refractivity contribution in [2.24, 2.45) is 34.5 Å². The van der Waals surface area contributed by atoms with E-state index in [0.29, 0.717) is 39.5 Å². The molecule has 2 nitrogen and oxygen atoms in total. The van der Waals surface area contributed by atoms with Gasteiger partial charge in [-0.1, -0.05) is 67.0 Å². The maximum atomic E-state index is 10.5. The van der Waals surface area contributed by atoms with Gasteiger partial charge >= 0.3 is 0 Å². The lowest BCUT2D eigenvalue weighted by molar-refractivity contribution is -0.0670. The smallest absolute Gasteiger partial charge is 0.200 e. The van der Waals surface area contributed by atoms with Gasteiger partial charge in [0.15, 0.2) is 0 Å². The van der Waals surface area contributed by atoms with E-state index in [9.17, 15) is 5.11 Å². The maximum absolute atomic E-state index is 10.5. The van der Waals surface area contributed by atoms with Crippen molar-refractivity contribution in [1.82, 2.24) is 0 Å². The van der Waals surface area contributed by atoms with E-state index in [1.807, 2.05) is 6.92 Å². The molecule has 0 aromatic heterocycles. The van der Waals surface area contributed by atoms with Gasteiger partial charge in [0, 0.05) is 6.10 Å². The molecule has 3 saturated carbocycles. The summed E-state index contributed by atoms with van der Waals surface area (Å²) in [6.07, 6.45) is 13.2. The van der Waals surface area contributed by atoms with Crippen LogP contribution < -0.4 is 0 Å². The Kier molecular flexibility index (Phi) is 7.14. The molecule has 0 saturated heterocycles. The molecular formula is C30H54O2Si. The molecule has 3 fully saturated rings. The highest BCUT2D eigenvalue weighted by Crippen LogP contribution is 2.66. The summed E-state index contributed by atoms with van der Waals surface area (Å²) in [4.78, 5) is 0. The molecule has 1 N–H and O–H groups in total. The van der Waals surface area contributed by atoms with Gasteiger partial charge in [0.1, 0.15) is 0 Å². The first-order chi connectivity index (χ1) is 15.4. The molecule has 2 unspecified atom stereocenters. The normalized spacial score (nSPS) is 42.2. The van der Waals surface area contributed by atoms with E-state index in [1.165, 1.54) is 51.4 Å². The summed E-state index contributed by atoms with van der Waals surface area (Å²) in [5.74, 6) is 2.98. The molecule has 0 radical (unpaired) electrons. The van der Waals surface area contributed by atoms with Gasteiger partial charge in [-0.3, -0.25) is 0 Å². The molecule has 0 bridgehead atoms. The molecule has 0 spiro atoms. The van der Waals surface area contributed by atoms with Crippen molar-refractivity contribution in [3.05, 3.63) is 11.6 Å². The van der Waals surface area contributed by atoms with Crippen LogP contribution in [0.5, 0.6) is 0 Å². The number of hydrogen-bond donors (Lipinski definition) is 1. The number of aliphatic hydroxyl groups is 1. The van der Waals surface area contributed by atoms with E-state index >= 15 is 0 Å². The Morgan fingerprint density at radius 3 is 2.09 bits per heavy atom. The molecule has 4 aliphatic carbocycles. The first kappa shape index (κ1) is 26.0. The molecule has 0 aromatic carbocycles. The number of fused-ring (bicyclic) bond motifs is 5. The van der Waals surface area contributed by atoms with E-state index in [2.05, 4.69) is 61.5 Å². The van der Waals surface area contributed by atoms with E-state index in [-0.39, 0.29) is 6.10 Å². The fourth-order valence-electron chi connectivity index (χ4n) is 10.3. The van der Waals surface area contributed by atoms with Crippen molar-refractivity contribution in [3.63, 3.8) is 0 Å². The fourth-order valence-corrected chi connectivity index (χ4v) is 15.9. The highest BCUT2D eigenvalue weighted by Gasteiger charge is 2.59. The van der Waals surface area contributed by atoms with Gasteiger partial charge in [0.05, 0.1) is 6.10 Å². The summed E-state index contributed by atoms with van der Waals surface area (Å²) in [6.45, 7) is 21.7. The summed E-state index contributed by atoms with van der Waals surface area (Å²) >= 11 is 0. The Morgan fingerprint density at radius 1 is 0.879 bits per heavy atom. The van der Waals surface area contributed by atoms with Crippen molar-refractivity contribution in [3.8, 4) is 0 Å². The Labute approximate surface area is 206 Å². The zero-order chi connectivity index (χ0) is 24.3. The van der Waals surface area contributed by atoms with Gasteiger partial charge in [-0.25, -0.2) is 0 Å². The standard InChI is InChI=1S/C30H54O2Si/c1-19(2)33(20(3)4,21(5)6)32-24-14-16-29(8)23(18-24)10-11-25-27-13-12-26(22(7)31)30(27,9)17-15-28(25)29/h10,19-22,24-28,31H,11-18H2,1-9H3/t22?,24?,25-,26+,27-,28-,29-,30+/m0/s1. The van der Waals surface area contributed by atoms with Gasteiger partial charge < -0.3 is 9.53 Å². The van der Waals surface area contributed by atoms with Crippen LogP contribution in [0.25, 0.3) is 0 Å². The third-order valence-electron chi connectivity index (χ3n) is 11.8. The largest absolute Gasteiger partial charge is 0.413 e. The second kappa shape index (κ2) is 9.07. The van der Waals surface area contributed by atoms with Gasteiger partial charge in [0.25, 0.3) is 0 Å². The second-order valence-electron chi connectivity index (χ2n) is 14.0. The second-order valence-corrected chi connectivity index (χ2v) is 19.4. The van der Waals surface area contributed by atoms with Gasteiger partial charge in [-0.15, -0.1) is 0 Å². The van der Waals surface area contributed by atoms with E-state index in [1.54, 1.807) is 5.57 Å². The Balaban J connectivity index is 1.54. The molecule has 4 rings (SSSR count). The van der Waals surface area contributed by atoms with Gasteiger partial charge in [-0.05, 0) is 109 Å². The molecule has 0 amide bonds. The van der Waals surface area contributed by atoms with Crippen LogP contribution in [0.4, 0.5) is 0 Å². The summed E-state index contributed by atoms with van der Waals surface area (Å²) in [5.41, 5.74) is 4.47. The van der Waals surface area contributed by atoms with Crippen LogP contribution in [-0.2, 0) is 4.43 Å². The molecular weight excluding hydrogens is 420 g/mol. The summed E-state index contributed by atoms with van der Waals surface area (Å²) in [7, 11) is -1.83. The van der Waals surface area contributed by atoms with Crippen LogP contribution >= 0.6 is 0 Å². The number of rotatable bonds is 6. The van der Waals surface area contributed by atoms with Crippen molar-refractivity contribution in [2.75, 3.05) is 0 Å². The minimum absolute atomic E-state index is 0.151. The minimum atomic E-state index is -1.83. The lowest BCUT2D eigenvalue weighted by Crippen LogP contribution is -2.54. The highest BCUT2D eigenvalue weighted by atomic mass is 28.4. The Hall–Kier alpha value is -0.123. The minimum Gasteiger partial charge on any atom is -0.413 e. The van der Waals surface area contributed by atoms with Gasteiger partial charge in [0.2, 0.25) is 8.32 Å². The molecule has 33 heavy (non-hydrogen) atoms. The fraction of sp³-hybridized carbons (Fsp3) is 0.933. The summed E-state index contributed by atoms with van der Waals surface area (Å²) in [5, 5.41) is 10.5.